The van der Waals surface area contributed by atoms with E-state index in [2.05, 4.69) is 27.9 Å². The molecular formula is C15H18ClN3. The summed E-state index contributed by atoms with van der Waals surface area (Å²) in [5, 5.41) is 4.31. The van der Waals surface area contributed by atoms with Gasteiger partial charge in [-0.3, -0.25) is 0 Å². The Balaban J connectivity index is 1.78. The molecule has 1 N–H and O–H groups in total. The average molecular weight is 276 g/mol. The number of imidazole rings is 1. The van der Waals surface area contributed by atoms with E-state index in [0.29, 0.717) is 6.04 Å². The van der Waals surface area contributed by atoms with Gasteiger partial charge in [-0.25, -0.2) is 4.98 Å². The first-order valence-electron chi connectivity index (χ1n) is 6.73. The highest BCUT2D eigenvalue weighted by Gasteiger charge is 2.21. The van der Waals surface area contributed by atoms with E-state index >= 15 is 0 Å². The van der Waals surface area contributed by atoms with Gasteiger partial charge in [-0.15, -0.1) is 0 Å². The summed E-state index contributed by atoms with van der Waals surface area (Å²) in [6.07, 6.45) is 6.45. The lowest BCUT2D eigenvalue weighted by atomic mass is 10.1. The van der Waals surface area contributed by atoms with Gasteiger partial charge in [0.05, 0.1) is 18.1 Å². The number of nitrogens with zero attached hydrogens (tertiary/aromatic N) is 2. The smallest absolute Gasteiger partial charge is 0.0954 e. The van der Waals surface area contributed by atoms with Gasteiger partial charge in [-0.05, 0) is 37.5 Å². The molecule has 2 aromatic rings. The quantitative estimate of drug-likeness (QED) is 0.906. The van der Waals surface area contributed by atoms with Gasteiger partial charge in [-0.2, -0.15) is 0 Å². The highest BCUT2D eigenvalue weighted by Crippen LogP contribution is 2.23. The second kappa shape index (κ2) is 5.35. The first-order valence-corrected chi connectivity index (χ1v) is 7.11. The molecule has 0 aliphatic heterocycles. The minimum atomic E-state index is 0.247. The fourth-order valence-electron chi connectivity index (χ4n) is 2.28. The summed E-state index contributed by atoms with van der Waals surface area (Å²) in [5.41, 5.74) is 2.43. The molecule has 1 aliphatic carbocycles. The van der Waals surface area contributed by atoms with Crippen molar-refractivity contribution in [1.29, 1.82) is 0 Å². The molecule has 19 heavy (non-hydrogen) atoms. The molecule has 100 valence electrons. The van der Waals surface area contributed by atoms with Crippen LogP contribution in [0, 0.1) is 0 Å². The molecule has 3 rings (SSSR count). The van der Waals surface area contributed by atoms with Crippen LogP contribution in [0.1, 0.15) is 37.1 Å². The third-order valence-corrected chi connectivity index (χ3v) is 3.88. The number of halogens is 1. The van der Waals surface area contributed by atoms with Crippen molar-refractivity contribution >= 4 is 11.6 Å². The lowest BCUT2D eigenvalue weighted by Crippen LogP contribution is -2.19. The molecule has 0 saturated heterocycles. The van der Waals surface area contributed by atoms with Crippen molar-refractivity contribution in [1.82, 2.24) is 14.9 Å². The van der Waals surface area contributed by atoms with Crippen LogP contribution in [0.4, 0.5) is 0 Å². The summed E-state index contributed by atoms with van der Waals surface area (Å²) in [7, 11) is 0. The Bertz CT molecular complexity index is 560. The average Bonchev–Trinajstić information content (AvgIpc) is 3.13. The molecule has 0 bridgehead atoms. The zero-order valence-corrected chi connectivity index (χ0v) is 11.8. The van der Waals surface area contributed by atoms with Gasteiger partial charge in [0, 0.05) is 23.8 Å². The maximum atomic E-state index is 6.06. The Labute approximate surface area is 118 Å². The molecule has 0 amide bonds. The van der Waals surface area contributed by atoms with Crippen molar-refractivity contribution in [3.8, 4) is 0 Å². The standard InChI is InChI=1S/C15H18ClN3/c1-11(12-3-2-4-13(16)7-12)19-10-17-8-15(19)9-18-14-5-6-14/h2-4,7-8,10-11,14,18H,5-6,9H2,1H3. The maximum Gasteiger partial charge on any atom is 0.0954 e. The molecule has 1 aromatic heterocycles. The number of aromatic nitrogens is 2. The van der Waals surface area contributed by atoms with E-state index in [1.165, 1.54) is 24.1 Å². The minimum Gasteiger partial charge on any atom is -0.326 e. The van der Waals surface area contributed by atoms with Gasteiger partial charge >= 0.3 is 0 Å². The van der Waals surface area contributed by atoms with Gasteiger partial charge in [0.1, 0.15) is 0 Å². The number of benzene rings is 1. The van der Waals surface area contributed by atoms with Crippen LogP contribution in [0.3, 0.4) is 0 Å². The number of nitrogens with one attached hydrogen (secondary N) is 1. The summed E-state index contributed by atoms with van der Waals surface area (Å²) < 4.78 is 2.21. The van der Waals surface area contributed by atoms with E-state index in [-0.39, 0.29) is 6.04 Å². The van der Waals surface area contributed by atoms with Crippen LogP contribution in [-0.2, 0) is 6.54 Å². The van der Waals surface area contributed by atoms with E-state index in [1.807, 2.05) is 30.7 Å². The van der Waals surface area contributed by atoms with Gasteiger partial charge in [0.15, 0.2) is 0 Å². The molecule has 1 fully saturated rings. The van der Waals surface area contributed by atoms with Crippen LogP contribution in [0.15, 0.2) is 36.8 Å². The molecule has 3 nitrogen and oxygen atoms in total. The van der Waals surface area contributed by atoms with Gasteiger partial charge < -0.3 is 9.88 Å². The topological polar surface area (TPSA) is 29.9 Å². The molecule has 1 heterocycles. The second-order valence-corrected chi connectivity index (χ2v) is 5.61. The molecule has 1 aliphatic rings. The fourth-order valence-corrected chi connectivity index (χ4v) is 2.48. The van der Waals surface area contributed by atoms with E-state index < -0.39 is 0 Å². The van der Waals surface area contributed by atoms with Crippen LogP contribution in [0.25, 0.3) is 0 Å². The monoisotopic (exact) mass is 275 g/mol. The van der Waals surface area contributed by atoms with Crippen molar-refractivity contribution in [3.05, 3.63) is 53.1 Å². The van der Waals surface area contributed by atoms with E-state index in [4.69, 9.17) is 11.6 Å². The summed E-state index contributed by atoms with van der Waals surface area (Å²) in [6.45, 7) is 3.06. The minimum absolute atomic E-state index is 0.247. The van der Waals surface area contributed by atoms with Crippen molar-refractivity contribution in [3.63, 3.8) is 0 Å². The van der Waals surface area contributed by atoms with Crippen molar-refractivity contribution in [2.24, 2.45) is 0 Å². The van der Waals surface area contributed by atoms with Gasteiger partial charge in [0.25, 0.3) is 0 Å². The van der Waals surface area contributed by atoms with Crippen LogP contribution in [-0.4, -0.2) is 15.6 Å². The van der Waals surface area contributed by atoms with E-state index in [1.54, 1.807) is 0 Å². The van der Waals surface area contributed by atoms with E-state index in [9.17, 15) is 0 Å². The third-order valence-electron chi connectivity index (χ3n) is 3.64. The Morgan fingerprint density at radius 2 is 2.32 bits per heavy atom. The predicted octanol–water partition coefficient (Wildman–Crippen LogP) is 3.40. The third kappa shape index (κ3) is 2.99. The molecule has 1 atom stereocenters. The SMILES string of the molecule is CC(c1cccc(Cl)c1)n1cncc1CNC1CC1. The normalized spacial score (nSPS) is 16.5. The van der Waals surface area contributed by atoms with Crippen molar-refractivity contribution in [2.75, 3.05) is 0 Å². The molecule has 0 radical (unpaired) electrons. The number of hydrogen-bond acceptors (Lipinski definition) is 2. The Morgan fingerprint density at radius 3 is 3.05 bits per heavy atom. The maximum absolute atomic E-state index is 6.06. The fraction of sp³-hybridized carbons (Fsp3) is 0.400. The largest absolute Gasteiger partial charge is 0.326 e. The molecule has 1 unspecified atom stereocenters. The molecule has 0 spiro atoms. The molecule has 1 saturated carbocycles. The molecular weight excluding hydrogens is 258 g/mol. The van der Waals surface area contributed by atoms with Crippen LogP contribution in [0.2, 0.25) is 5.02 Å². The Kier molecular flexibility index (Phi) is 3.58. The van der Waals surface area contributed by atoms with Crippen molar-refractivity contribution < 1.29 is 0 Å². The van der Waals surface area contributed by atoms with Crippen LogP contribution in [0.5, 0.6) is 0 Å². The van der Waals surface area contributed by atoms with Gasteiger partial charge in [-0.1, -0.05) is 23.7 Å². The second-order valence-electron chi connectivity index (χ2n) is 5.18. The zero-order chi connectivity index (χ0) is 13.2. The summed E-state index contributed by atoms with van der Waals surface area (Å²) in [5.74, 6) is 0. The summed E-state index contributed by atoms with van der Waals surface area (Å²) >= 11 is 6.06. The van der Waals surface area contributed by atoms with Crippen LogP contribution >= 0.6 is 11.6 Å². The van der Waals surface area contributed by atoms with Crippen LogP contribution < -0.4 is 5.32 Å². The lowest BCUT2D eigenvalue weighted by Gasteiger charge is -2.17. The number of hydrogen-bond donors (Lipinski definition) is 1. The first kappa shape index (κ1) is 12.7. The van der Waals surface area contributed by atoms with Gasteiger partial charge in [0.2, 0.25) is 0 Å². The summed E-state index contributed by atoms with van der Waals surface area (Å²) in [6, 6.07) is 8.98. The highest BCUT2D eigenvalue weighted by molar-refractivity contribution is 6.30. The first-order chi connectivity index (χ1) is 9.24. The Hall–Kier alpha value is -1.32. The summed E-state index contributed by atoms with van der Waals surface area (Å²) in [4.78, 5) is 4.28. The highest BCUT2D eigenvalue weighted by atomic mass is 35.5. The number of rotatable bonds is 5. The molecule has 1 aromatic carbocycles. The lowest BCUT2D eigenvalue weighted by molar-refractivity contribution is 0.574. The zero-order valence-electron chi connectivity index (χ0n) is 11.0. The predicted molar refractivity (Wildman–Crippen MR) is 77.4 cm³/mol. The Morgan fingerprint density at radius 1 is 1.47 bits per heavy atom. The molecule has 4 heteroatoms. The van der Waals surface area contributed by atoms with Crippen molar-refractivity contribution in [2.45, 2.75) is 38.4 Å². The van der Waals surface area contributed by atoms with E-state index in [0.717, 1.165) is 11.6 Å².